The maximum absolute atomic E-state index is 10.5. The van der Waals surface area contributed by atoms with E-state index in [4.69, 9.17) is 9.79 Å². The molecule has 2 unspecified atom stereocenters. The van der Waals surface area contributed by atoms with Crippen LogP contribution in [0.3, 0.4) is 0 Å². The van der Waals surface area contributed by atoms with Gasteiger partial charge in [-0.25, -0.2) is 18.7 Å². The molecule has 0 spiro atoms. The van der Waals surface area contributed by atoms with Crippen LogP contribution in [0.4, 0.5) is 0 Å². The summed E-state index contributed by atoms with van der Waals surface area (Å²) in [5, 5.41) is 0. The molecule has 4 N–H and O–H groups in total. The fourth-order valence-electron chi connectivity index (χ4n) is 0.236. The van der Waals surface area contributed by atoms with Gasteiger partial charge in [0.1, 0.15) is 0 Å². The third-order valence-electron chi connectivity index (χ3n) is 0.411. The standard InChI is InChI=1S/H6NO7P3/c1-11(6,7-9(2)3)8-10(4)5/h9-10H,(H2,1,6)(H,2,3)(H,4,5). The van der Waals surface area contributed by atoms with E-state index in [0.29, 0.717) is 0 Å². The molecule has 0 aliphatic heterocycles. The Labute approximate surface area is 62.8 Å². The van der Waals surface area contributed by atoms with Crippen LogP contribution in [-0.4, -0.2) is 9.79 Å². The summed E-state index contributed by atoms with van der Waals surface area (Å²) < 4.78 is 37.5. The van der Waals surface area contributed by atoms with Crippen molar-refractivity contribution in [1.29, 1.82) is 0 Å². The molecule has 0 bridgehead atoms. The van der Waals surface area contributed by atoms with Gasteiger partial charge in [0.15, 0.2) is 0 Å². The van der Waals surface area contributed by atoms with Crippen LogP contribution >= 0.6 is 24.3 Å². The summed E-state index contributed by atoms with van der Waals surface area (Å²) in [7, 11) is -11.4. The van der Waals surface area contributed by atoms with Crippen LogP contribution in [0.25, 0.3) is 0 Å². The van der Waals surface area contributed by atoms with Gasteiger partial charge < -0.3 is 9.79 Å². The summed E-state index contributed by atoms with van der Waals surface area (Å²) in [5.41, 5.74) is 4.56. The van der Waals surface area contributed by atoms with Crippen molar-refractivity contribution in [2.45, 2.75) is 0 Å². The van der Waals surface area contributed by atoms with E-state index in [9.17, 15) is 13.7 Å². The molecule has 11 heavy (non-hydrogen) atoms. The third-order valence-corrected chi connectivity index (χ3v) is 3.70. The first-order valence-corrected chi connectivity index (χ1v) is 6.21. The summed E-state index contributed by atoms with van der Waals surface area (Å²) in [4.78, 5) is 16.0. The summed E-state index contributed by atoms with van der Waals surface area (Å²) in [5.74, 6) is 0. The number of nitrogens with two attached hydrogens (primary N) is 1. The highest BCUT2D eigenvalue weighted by Gasteiger charge is 2.23. The molecule has 0 heterocycles. The molecule has 0 fully saturated rings. The first-order chi connectivity index (χ1) is 4.83. The van der Waals surface area contributed by atoms with E-state index in [1.807, 2.05) is 0 Å². The van der Waals surface area contributed by atoms with Crippen LogP contribution in [0.5, 0.6) is 0 Å². The number of hydrogen-bond acceptors (Lipinski definition) is 5. The van der Waals surface area contributed by atoms with Crippen molar-refractivity contribution in [2.24, 2.45) is 5.50 Å². The fourth-order valence-corrected chi connectivity index (χ4v) is 2.46. The molecule has 11 heteroatoms. The highest BCUT2D eigenvalue weighted by Crippen LogP contribution is 2.52. The van der Waals surface area contributed by atoms with E-state index >= 15 is 0 Å². The van der Waals surface area contributed by atoms with Gasteiger partial charge in [-0.05, 0) is 0 Å². The first kappa shape index (κ1) is 11.5. The van der Waals surface area contributed by atoms with Crippen LogP contribution in [0.2, 0.25) is 0 Å². The van der Waals surface area contributed by atoms with Crippen molar-refractivity contribution in [1.82, 2.24) is 0 Å². The van der Waals surface area contributed by atoms with Crippen molar-refractivity contribution in [2.75, 3.05) is 0 Å². The summed E-state index contributed by atoms with van der Waals surface area (Å²) >= 11 is 0. The van der Waals surface area contributed by atoms with Gasteiger partial charge in [0, 0.05) is 0 Å². The quantitative estimate of drug-likeness (QED) is 0.561. The Morgan fingerprint density at radius 1 is 1.18 bits per heavy atom. The van der Waals surface area contributed by atoms with E-state index in [-0.39, 0.29) is 0 Å². The largest absolute Gasteiger partial charge is 0.416 e. The van der Waals surface area contributed by atoms with E-state index < -0.39 is 24.3 Å². The fraction of sp³-hybridized carbons (Fsp3) is 0. The number of hydrogen-bond donors (Lipinski definition) is 3. The predicted octanol–water partition coefficient (Wildman–Crippen LogP) is -0.150. The second kappa shape index (κ2) is 4.50. The average molecular weight is 225 g/mol. The van der Waals surface area contributed by atoms with Gasteiger partial charge in [0.2, 0.25) is 0 Å². The Kier molecular flexibility index (Phi) is 4.70. The maximum atomic E-state index is 10.5. The van der Waals surface area contributed by atoms with Gasteiger partial charge in [0.25, 0.3) is 0 Å². The molecule has 0 aromatic heterocycles. The molecule has 68 valence electrons. The van der Waals surface area contributed by atoms with Crippen molar-refractivity contribution < 1.29 is 32.1 Å². The lowest BCUT2D eigenvalue weighted by atomic mass is 13.9. The molecule has 0 amide bonds. The van der Waals surface area contributed by atoms with Gasteiger partial charge in [-0.1, -0.05) is 0 Å². The van der Waals surface area contributed by atoms with Crippen LogP contribution in [-0.2, 0) is 22.3 Å². The SMILES string of the molecule is NP(=O)(O[PH](=O)O)O[PH](=O)O. The zero-order valence-electron chi connectivity index (χ0n) is 4.96. The molecular formula is H6NO7P3. The van der Waals surface area contributed by atoms with Gasteiger partial charge in [-0.15, -0.1) is 0 Å². The molecule has 0 aromatic rings. The minimum Gasteiger partial charge on any atom is -0.326 e. The molecule has 0 aromatic carbocycles. The first-order valence-electron chi connectivity index (χ1n) is 2.07. The van der Waals surface area contributed by atoms with Gasteiger partial charge in [0.05, 0.1) is 0 Å². The van der Waals surface area contributed by atoms with Crippen LogP contribution in [0.15, 0.2) is 0 Å². The normalized spacial score (nSPS) is 22.1. The van der Waals surface area contributed by atoms with Gasteiger partial charge >= 0.3 is 24.3 Å². The molecule has 8 nitrogen and oxygen atoms in total. The summed E-state index contributed by atoms with van der Waals surface area (Å²) in [6.07, 6.45) is 0. The highest BCUT2D eigenvalue weighted by atomic mass is 31.3. The summed E-state index contributed by atoms with van der Waals surface area (Å²) in [6.45, 7) is 0. The van der Waals surface area contributed by atoms with Crippen molar-refractivity contribution in [3.63, 3.8) is 0 Å². The maximum Gasteiger partial charge on any atom is 0.416 e. The molecule has 0 radical (unpaired) electrons. The molecule has 0 saturated carbocycles. The zero-order chi connectivity index (χ0) is 9.07. The Hall–Kier alpha value is 0.490. The Balaban J connectivity index is 4.12. The van der Waals surface area contributed by atoms with E-state index in [1.54, 1.807) is 0 Å². The van der Waals surface area contributed by atoms with Crippen molar-refractivity contribution in [3.8, 4) is 0 Å². The van der Waals surface area contributed by atoms with E-state index in [2.05, 4.69) is 14.1 Å². The lowest BCUT2D eigenvalue weighted by Crippen LogP contribution is -1.95. The molecule has 0 aliphatic carbocycles. The van der Waals surface area contributed by atoms with Crippen molar-refractivity contribution >= 4 is 24.3 Å². The molecule has 0 rings (SSSR count). The highest BCUT2D eigenvalue weighted by molar-refractivity contribution is 7.63. The second-order valence-corrected chi connectivity index (χ2v) is 4.86. The minimum atomic E-state index is -4.34. The van der Waals surface area contributed by atoms with Gasteiger partial charge in [-0.2, -0.15) is 0 Å². The lowest BCUT2D eigenvalue weighted by molar-refractivity contribution is 0.339. The molecule has 0 aliphatic rings. The van der Waals surface area contributed by atoms with E-state index in [1.165, 1.54) is 0 Å². The van der Waals surface area contributed by atoms with Crippen molar-refractivity contribution in [3.05, 3.63) is 0 Å². The van der Waals surface area contributed by atoms with E-state index in [0.717, 1.165) is 0 Å². The molecule has 0 saturated heterocycles. The third kappa shape index (κ3) is 6.87. The second-order valence-electron chi connectivity index (χ2n) is 1.25. The summed E-state index contributed by atoms with van der Waals surface area (Å²) in [6, 6.07) is 0. The Bertz CT molecular complexity index is 200. The monoisotopic (exact) mass is 225 g/mol. The van der Waals surface area contributed by atoms with Crippen LogP contribution in [0, 0.1) is 0 Å². The molecular weight excluding hydrogens is 219 g/mol. The Morgan fingerprint density at radius 2 is 1.45 bits per heavy atom. The number of rotatable bonds is 4. The molecule has 2 atom stereocenters. The topological polar surface area (TPSA) is 136 Å². The van der Waals surface area contributed by atoms with Gasteiger partial charge in [-0.3, -0.25) is 9.13 Å². The van der Waals surface area contributed by atoms with Crippen LogP contribution in [0.1, 0.15) is 0 Å². The van der Waals surface area contributed by atoms with Crippen LogP contribution < -0.4 is 5.50 Å². The Morgan fingerprint density at radius 3 is 1.64 bits per heavy atom. The smallest absolute Gasteiger partial charge is 0.326 e. The lowest BCUT2D eigenvalue weighted by Gasteiger charge is -2.07. The predicted molar refractivity (Wildman–Crippen MR) is 36.4 cm³/mol. The minimum absolute atomic E-state index is 3.53. The zero-order valence-corrected chi connectivity index (χ0v) is 7.85. The average Bonchev–Trinajstić information content (AvgIpc) is 1.53.